The van der Waals surface area contributed by atoms with Crippen LogP contribution in [0.25, 0.3) is 0 Å². The minimum absolute atomic E-state index is 0.0314. The number of benzene rings is 1. The molecular weight excluding hydrogens is 383 g/mol. The average Bonchev–Trinajstić information content (AvgIpc) is 2.86. The number of carbonyl (C=O) groups excluding carboxylic acids is 1. The van der Waals surface area contributed by atoms with Crippen molar-refractivity contribution in [3.05, 3.63) is 23.8 Å². The summed E-state index contributed by atoms with van der Waals surface area (Å²) in [6.07, 6.45) is -0.392. The number of rotatable bonds is 3. The van der Waals surface area contributed by atoms with Gasteiger partial charge in [0.15, 0.2) is 0 Å². The van der Waals surface area contributed by atoms with Gasteiger partial charge in [-0.2, -0.15) is 0 Å². The van der Waals surface area contributed by atoms with Gasteiger partial charge in [-0.05, 0) is 53.1 Å². The number of hydrogen-bond acceptors (Lipinski definition) is 4. The molecule has 0 spiro atoms. The van der Waals surface area contributed by atoms with Crippen LogP contribution in [0.5, 0.6) is 0 Å². The summed E-state index contributed by atoms with van der Waals surface area (Å²) in [6, 6.07) is 5.47. The van der Waals surface area contributed by atoms with Crippen LogP contribution in [0.2, 0.25) is 0 Å². The molecule has 1 unspecified atom stereocenters. The van der Waals surface area contributed by atoms with E-state index < -0.39 is 24.4 Å². The van der Waals surface area contributed by atoms with Crippen LogP contribution < -0.4 is 9.95 Å². The van der Waals surface area contributed by atoms with Crippen molar-refractivity contribution in [3.8, 4) is 0 Å². The Kier molecular flexibility index (Phi) is 5.59. The highest BCUT2D eigenvalue weighted by Crippen LogP contribution is 2.44. The van der Waals surface area contributed by atoms with Crippen LogP contribution in [-0.4, -0.2) is 60.0 Å². The number of carboxylic acid groups (broad SMARTS) is 1. The van der Waals surface area contributed by atoms with Crippen molar-refractivity contribution in [2.75, 3.05) is 13.6 Å². The van der Waals surface area contributed by atoms with Gasteiger partial charge in [0.05, 0.1) is 37.3 Å². The zero-order valence-corrected chi connectivity index (χ0v) is 19.4. The van der Waals surface area contributed by atoms with Crippen molar-refractivity contribution in [2.45, 2.75) is 78.2 Å². The maximum Gasteiger partial charge on any atom is 0.494 e. The lowest BCUT2D eigenvalue weighted by Crippen LogP contribution is -2.60. The van der Waals surface area contributed by atoms with Crippen LogP contribution in [0, 0.1) is 0 Å². The molecule has 8 heteroatoms. The Bertz CT molecular complexity index is 855. The summed E-state index contributed by atoms with van der Waals surface area (Å²) < 4.78 is 12.6. The molecule has 7 nitrogen and oxygen atoms in total. The fraction of sp³-hybridized carbons (Fsp3) is 0.636. The monoisotopic (exact) mass is 417 g/mol. The highest BCUT2D eigenvalue weighted by atomic mass is 16.7. The van der Waals surface area contributed by atoms with E-state index in [1.807, 2.05) is 66.8 Å². The first-order valence-corrected chi connectivity index (χ1v) is 10.6. The number of fused-ring (bicyclic) bond motifs is 1. The SMILES string of the molecule is CCN(C(=O)O)[C@@H]1C[C@H](C)[N+](C)(C(C)=O)c2ccc(B3OC(C)(C)C(C)(C)O3)cc21. The lowest BCUT2D eigenvalue weighted by atomic mass is 9.76. The highest BCUT2D eigenvalue weighted by Gasteiger charge is 2.53. The van der Waals surface area contributed by atoms with Crippen LogP contribution in [0.1, 0.15) is 66.5 Å². The van der Waals surface area contributed by atoms with E-state index in [1.165, 1.54) is 4.90 Å². The summed E-state index contributed by atoms with van der Waals surface area (Å²) in [6.45, 7) is 13.8. The van der Waals surface area contributed by atoms with Gasteiger partial charge in [-0.3, -0.25) is 0 Å². The van der Waals surface area contributed by atoms with E-state index in [0.717, 1.165) is 16.7 Å². The van der Waals surface area contributed by atoms with Crippen LogP contribution in [0.15, 0.2) is 18.2 Å². The van der Waals surface area contributed by atoms with E-state index in [-0.39, 0.29) is 22.5 Å². The molecule has 0 bridgehead atoms. The maximum atomic E-state index is 12.7. The highest BCUT2D eigenvalue weighted by molar-refractivity contribution is 6.62. The smallest absolute Gasteiger partial charge is 0.465 e. The molecule has 0 saturated carbocycles. The van der Waals surface area contributed by atoms with Gasteiger partial charge in [0.25, 0.3) is 0 Å². The molecule has 30 heavy (non-hydrogen) atoms. The number of hydrogen-bond donors (Lipinski definition) is 1. The first-order chi connectivity index (χ1) is 13.8. The maximum absolute atomic E-state index is 12.7. The Morgan fingerprint density at radius 3 is 2.27 bits per heavy atom. The quantitative estimate of drug-likeness (QED) is 0.603. The minimum Gasteiger partial charge on any atom is -0.465 e. The van der Waals surface area contributed by atoms with Gasteiger partial charge in [0.2, 0.25) is 0 Å². The zero-order chi connectivity index (χ0) is 22.6. The first kappa shape index (κ1) is 22.8. The molecule has 3 atom stereocenters. The first-order valence-electron chi connectivity index (χ1n) is 10.6. The number of carbonyl (C=O) groups is 2. The van der Waals surface area contributed by atoms with Crippen LogP contribution >= 0.6 is 0 Å². The van der Waals surface area contributed by atoms with Crippen molar-refractivity contribution in [2.24, 2.45) is 0 Å². The summed E-state index contributed by atoms with van der Waals surface area (Å²) in [5.74, 6) is 0.0314. The molecule has 2 amide bonds. The molecule has 2 heterocycles. The standard InChI is InChI=1S/C22H33BN2O5/c1-9-24(20(27)28)18-12-14(2)25(8,15(3)26)19-11-10-16(13-17(18)19)23-29-21(4,5)22(6,7)30-23/h10-11,13-14,18H,9,12H2,1-8H3/p+1/t14-,18+,25?/m0/s1. The summed E-state index contributed by atoms with van der Waals surface area (Å²) >= 11 is 0. The number of nitrogens with zero attached hydrogens (tertiary/aromatic N) is 2. The van der Waals surface area contributed by atoms with Crippen molar-refractivity contribution < 1.29 is 24.0 Å². The Hall–Kier alpha value is -1.90. The summed E-state index contributed by atoms with van der Waals surface area (Å²) in [5, 5.41) is 9.80. The topological polar surface area (TPSA) is 76.1 Å². The van der Waals surface area contributed by atoms with E-state index in [9.17, 15) is 14.7 Å². The predicted octanol–water partition coefficient (Wildman–Crippen LogP) is 3.30. The van der Waals surface area contributed by atoms with Gasteiger partial charge in [-0.1, -0.05) is 12.1 Å². The van der Waals surface area contributed by atoms with Crippen molar-refractivity contribution in [3.63, 3.8) is 0 Å². The molecule has 1 aromatic carbocycles. The summed E-state index contributed by atoms with van der Waals surface area (Å²) in [4.78, 5) is 26.1. The third kappa shape index (κ3) is 3.35. The predicted molar refractivity (Wildman–Crippen MR) is 118 cm³/mol. The van der Waals surface area contributed by atoms with Gasteiger partial charge < -0.3 is 19.3 Å². The zero-order valence-electron chi connectivity index (χ0n) is 19.4. The third-order valence-corrected chi connectivity index (χ3v) is 7.50. The fourth-order valence-corrected chi connectivity index (χ4v) is 4.55. The Morgan fingerprint density at radius 1 is 1.23 bits per heavy atom. The molecule has 0 radical (unpaired) electrons. The molecular formula is C22H34BN2O5+. The molecule has 2 aliphatic heterocycles. The summed E-state index contributed by atoms with van der Waals surface area (Å²) in [7, 11) is 1.37. The molecule has 2 aliphatic rings. The fourth-order valence-electron chi connectivity index (χ4n) is 4.55. The van der Waals surface area contributed by atoms with Gasteiger partial charge in [-0.15, -0.1) is 0 Å². The largest absolute Gasteiger partial charge is 0.494 e. The molecule has 0 aliphatic carbocycles. The second-order valence-corrected chi connectivity index (χ2v) is 9.67. The number of amides is 2. The van der Waals surface area contributed by atoms with Crippen LogP contribution in [-0.2, 0) is 14.1 Å². The van der Waals surface area contributed by atoms with Crippen LogP contribution in [0.3, 0.4) is 0 Å². The van der Waals surface area contributed by atoms with Crippen molar-refractivity contribution in [1.29, 1.82) is 0 Å². The van der Waals surface area contributed by atoms with Crippen molar-refractivity contribution >= 4 is 30.3 Å². The molecule has 164 valence electrons. The van der Waals surface area contributed by atoms with Crippen LogP contribution in [0.4, 0.5) is 10.5 Å². The molecule has 3 rings (SSSR count). The van der Waals surface area contributed by atoms with Gasteiger partial charge in [0.1, 0.15) is 5.69 Å². The molecule has 1 fully saturated rings. The summed E-state index contributed by atoms with van der Waals surface area (Å²) in [5.41, 5.74) is 1.58. The van der Waals surface area contributed by atoms with E-state index >= 15 is 0 Å². The Balaban J connectivity index is 2.14. The van der Waals surface area contributed by atoms with E-state index in [1.54, 1.807) is 6.92 Å². The Morgan fingerprint density at radius 2 is 1.80 bits per heavy atom. The third-order valence-electron chi connectivity index (χ3n) is 7.50. The number of quaternary nitrogens is 1. The molecule has 0 aromatic heterocycles. The lowest BCUT2D eigenvalue weighted by molar-refractivity contribution is -0.129. The van der Waals surface area contributed by atoms with E-state index in [2.05, 4.69) is 0 Å². The molecule has 1 aromatic rings. The van der Waals surface area contributed by atoms with Gasteiger partial charge in [0, 0.05) is 18.5 Å². The Labute approximate surface area is 179 Å². The van der Waals surface area contributed by atoms with Gasteiger partial charge in [-0.25, -0.2) is 14.1 Å². The van der Waals surface area contributed by atoms with E-state index in [0.29, 0.717) is 13.0 Å². The van der Waals surface area contributed by atoms with Crippen molar-refractivity contribution in [1.82, 2.24) is 9.38 Å². The van der Waals surface area contributed by atoms with E-state index in [4.69, 9.17) is 9.31 Å². The van der Waals surface area contributed by atoms with Gasteiger partial charge >= 0.3 is 19.1 Å². The second-order valence-electron chi connectivity index (χ2n) is 9.67. The average molecular weight is 417 g/mol. The second kappa shape index (κ2) is 7.36. The molecule has 1 N–H and O–H groups in total. The lowest BCUT2D eigenvalue weighted by Gasteiger charge is -2.45. The molecule has 1 saturated heterocycles. The normalized spacial score (nSPS) is 29.4. The minimum atomic E-state index is -0.958.